The Bertz CT molecular complexity index is 976. The van der Waals surface area contributed by atoms with Gasteiger partial charge in [-0.25, -0.2) is 4.79 Å². The number of benzene rings is 2. The fraction of sp³-hybridized carbons (Fsp3) is 0.318. The van der Waals surface area contributed by atoms with Crippen LogP contribution in [0.5, 0.6) is 23.0 Å². The van der Waals surface area contributed by atoms with E-state index in [0.29, 0.717) is 17.1 Å². The molecule has 10 nitrogen and oxygen atoms in total. The first-order valence-electron chi connectivity index (χ1n) is 9.56. The van der Waals surface area contributed by atoms with E-state index in [2.05, 4.69) is 5.32 Å². The molecular formula is C22H26N2O8. The van der Waals surface area contributed by atoms with E-state index < -0.39 is 30.4 Å². The first kappa shape index (κ1) is 24.3. The number of primary amides is 1. The van der Waals surface area contributed by atoms with E-state index in [9.17, 15) is 14.4 Å². The van der Waals surface area contributed by atoms with Crippen LogP contribution in [-0.2, 0) is 14.3 Å². The van der Waals surface area contributed by atoms with Crippen molar-refractivity contribution in [1.29, 1.82) is 0 Å². The predicted molar refractivity (Wildman–Crippen MR) is 114 cm³/mol. The number of nitrogens with one attached hydrogen (secondary N) is 1. The quantitative estimate of drug-likeness (QED) is 0.497. The van der Waals surface area contributed by atoms with E-state index in [0.717, 1.165) is 0 Å². The number of carbonyl (C=O) groups is 3. The summed E-state index contributed by atoms with van der Waals surface area (Å²) in [6, 6.07) is 9.05. The molecule has 2 rings (SSSR count). The van der Waals surface area contributed by atoms with E-state index in [1.807, 2.05) is 0 Å². The molecule has 10 heteroatoms. The van der Waals surface area contributed by atoms with Crippen LogP contribution in [0.1, 0.15) is 28.9 Å². The lowest BCUT2D eigenvalue weighted by atomic mass is 10.1. The van der Waals surface area contributed by atoms with Crippen molar-refractivity contribution >= 4 is 17.8 Å². The van der Waals surface area contributed by atoms with Gasteiger partial charge in [-0.05, 0) is 43.3 Å². The molecule has 2 aromatic carbocycles. The zero-order chi connectivity index (χ0) is 23.7. The van der Waals surface area contributed by atoms with Gasteiger partial charge in [-0.2, -0.15) is 0 Å². The summed E-state index contributed by atoms with van der Waals surface area (Å²) >= 11 is 0. The van der Waals surface area contributed by atoms with Crippen LogP contribution in [0.2, 0.25) is 0 Å². The van der Waals surface area contributed by atoms with E-state index in [1.54, 1.807) is 32.2 Å². The van der Waals surface area contributed by atoms with E-state index in [1.165, 1.54) is 32.4 Å². The topological polar surface area (TPSA) is 135 Å². The molecule has 172 valence electrons. The van der Waals surface area contributed by atoms with Crippen LogP contribution in [-0.4, -0.2) is 52.3 Å². The van der Waals surface area contributed by atoms with Crippen molar-refractivity contribution in [3.63, 3.8) is 0 Å². The minimum atomic E-state index is -0.730. The molecular weight excluding hydrogens is 420 g/mol. The minimum absolute atomic E-state index is 0.142. The Balaban J connectivity index is 1.98. The van der Waals surface area contributed by atoms with Crippen molar-refractivity contribution in [1.82, 2.24) is 5.32 Å². The number of methoxy groups -OCH3 is 3. The number of rotatable bonds is 11. The summed E-state index contributed by atoms with van der Waals surface area (Å²) in [5.74, 6) is -0.227. The van der Waals surface area contributed by atoms with Gasteiger partial charge >= 0.3 is 5.97 Å². The van der Waals surface area contributed by atoms with Gasteiger partial charge in [0.2, 0.25) is 0 Å². The maximum absolute atomic E-state index is 12.3. The molecule has 2 amide bonds. The smallest absolute Gasteiger partial charge is 0.338 e. The Morgan fingerprint density at radius 3 is 2.22 bits per heavy atom. The molecule has 0 saturated heterocycles. The van der Waals surface area contributed by atoms with Gasteiger partial charge in [0, 0.05) is 5.56 Å². The second kappa shape index (κ2) is 11.4. The molecule has 32 heavy (non-hydrogen) atoms. The van der Waals surface area contributed by atoms with Crippen LogP contribution < -0.4 is 30.0 Å². The maximum Gasteiger partial charge on any atom is 0.338 e. The van der Waals surface area contributed by atoms with E-state index in [-0.39, 0.29) is 23.7 Å². The monoisotopic (exact) mass is 446 g/mol. The number of amides is 2. The highest BCUT2D eigenvalue weighted by molar-refractivity contribution is 5.92. The second-order valence-electron chi connectivity index (χ2n) is 6.59. The van der Waals surface area contributed by atoms with Gasteiger partial charge in [-0.1, -0.05) is 0 Å². The van der Waals surface area contributed by atoms with Crippen molar-refractivity contribution < 1.29 is 38.1 Å². The standard InChI is InChI=1S/C22H26N2O8/c1-13(16-10-15(28-2)6-8-17(16)29-3)24-21(26)12-32-22(27)14-5-7-18(19(9-14)30-4)31-11-20(23)25/h5-10,13H,11-12H2,1-4H3,(H2,23,25)(H,24,26). The van der Waals surface area contributed by atoms with Gasteiger partial charge in [-0.3, -0.25) is 9.59 Å². The largest absolute Gasteiger partial charge is 0.497 e. The lowest BCUT2D eigenvalue weighted by Gasteiger charge is -2.18. The number of esters is 1. The number of ether oxygens (including phenoxy) is 5. The summed E-state index contributed by atoms with van der Waals surface area (Å²) in [5, 5.41) is 2.75. The highest BCUT2D eigenvalue weighted by atomic mass is 16.5. The van der Waals surface area contributed by atoms with Crippen molar-refractivity contribution in [2.45, 2.75) is 13.0 Å². The molecule has 2 aromatic rings. The van der Waals surface area contributed by atoms with Gasteiger partial charge < -0.3 is 34.7 Å². The molecule has 0 saturated carbocycles. The predicted octanol–water partition coefficient (Wildman–Crippen LogP) is 1.61. The lowest BCUT2D eigenvalue weighted by Crippen LogP contribution is -2.31. The zero-order valence-corrected chi connectivity index (χ0v) is 18.3. The van der Waals surface area contributed by atoms with Gasteiger partial charge in [0.1, 0.15) is 11.5 Å². The fourth-order valence-electron chi connectivity index (χ4n) is 2.82. The molecule has 0 heterocycles. The summed E-state index contributed by atoms with van der Waals surface area (Å²) in [7, 11) is 4.45. The highest BCUT2D eigenvalue weighted by Gasteiger charge is 2.18. The summed E-state index contributed by atoms with van der Waals surface area (Å²) in [4.78, 5) is 35.5. The Hall–Kier alpha value is -3.95. The number of carbonyl (C=O) groups excluding carboxylic acids is 3. The average Bonchev–Trinajstić information content (AvgIpc) is 2.80. The maximum atomic E-state index is 12.3. The van der Waals surface area contributed by atoms with Gasteiger partial charge in [0.05, 0.1) is 32.9 Å². The molecule has 0 aliphatic carbocycles. The van der Waals surface area contributed by atoms with Gasteiger partial charge in [0.15, 0.2) is 24.7 Å². The Morgan fingerprint density at radius 1 is 0.906 bits per heavy atom. The molecule has 1 atom stereocenters. The normalized spacial score (nSPS) is 11.1. The number of nitrogens with two attached hydrogens (primary N) is 1. The fourth-order valence-corrected chi connectivity index (χ4v) is 2.82. The van der Waals surface area contributed by atoms with Crippen LogP contribution in [0.3, 0.4) is 0 Å². The first-order chi connectivity index (χ1) is 15.3. The average molecular weight is 446 g/mol. The zero-order valence-electron chi connectivity index (χ0n) is 18.3. The van der Waals surface area contributed by atoms with Crippen molar-refractivity contribution in [2.75, 3.05) is 34.5 Å². The molecule has 0 spiro atoms. The Labute approximate surface area is 185 Å². The van der Waals surface area contributed by atoms with Crippen molar-refractivity contribution in [3.8, 4) is 23.0 Å². The second-order valence-corrected chi connectivity index (χ2v) is 6.59. The van der Waals surface area contributed by atoms with Crippen LogP contribution in [0.4, 0.5) is 0 Å². The van der Waals surface area contributed by atoms with Crippen LogP contribution in [0.15, 0.2) is 36.4 Å². The Kier molecular flexibility index (Phi) is 8.70. The minimum Gasteiger partial charge on any atom is -0.497 e. The SMILES string of the molecule is COc1ccc(OC)c(C(C)NC(=O)COC(=O)c2ccc(OCC(N)=O)c(OC)c2)c1. The molecule has 1 unspecified atom stereocenters. The summed E-state index contributed by atoms with van der Waals surface area (Å²) in [6.45, 7) is 0.945. The summed E-state index contributed by atoms with van der Waals surface area (Å²) in [5.41, 5.74) is 5.90. The highest BCUT2D eigenvalue weighted by Crippen LogP contribution is 2.30. The third-order valence-corrected chi connectivity index (χ3v) is 4.38. The Morgan fingerprint density at radius 2 is 1.59 bits per heavy atom. The van der Waals surface area contributed by atoms with Crippen LogP contribution in [0.25, 0.3) is 0 Å². The van der Waals surface area contributed by atoms with Crippen LogP contribution in [0, 0.1) is 0 Å². The van der Waals surface area contributed by atoms with E-state index in [4.69, 9.17) is 29.4 Å². The first-order valence-corrected chi connectivity index (χ1v) is 9.56. The van der Waals surface area contributed by atoms with Crippen LogP contribution >= 0.6 is 0 Å². The number of hydrogen-bond acceptors (Lipinski definition) is 8. The van der Waals surface area contributed by atoms with Crippen molar-refractivity contribution in [2.24, 2.45) is 5.73 Å². The van der Waals surface area contributed by atoms with Gasteiger partial charge in [0.25, 0.3) is 11.8 Å². The third kappa shape index (κ3) is 6.53. The lowest BCUT2D eigenvalue weighted by molar-refractivity contribution is -0.125. The summed E-state index contributed by atoms with van der Waals surface area (Å²) < 4.78 is 26.0. The molecule has 0 fully saturated rings. The van der Waals surface area contributed by atoms with Gasteiger partial charge in [-0.15, -0.1) is 0 Å². The summed E-state index contributed by atoms with van der Waals surface area (Å²) in [6.07, 6.45) is 0. The molecule has 0 aliphatic rings. The third-order valence-electron chi connectivity index (χ3n) is 4.38. The molecule has 3 N–H and O–H groups in total. The molecule has 0 aromatic heterocycles. The van der Waals surface area contributed by atoms with E-state index >= 15 is 0 Å². The molecule has 0 aliphatic heterocycles. The molecule has 0 radical (unpaired) electrons. The van der Waals surface area contributed by atoms with Crippen molar-refractivity contribution in [3.05, 3.63) is 47.5 Å². The molecule has 0 bridgehead atoms. The number of hydrogen-bond donors (Lipinski definition) is 2.